The van der Waals surface area contributed by atoms with Crippen LogP contribution < -0.4 is 15.9 Å². The molecule has 1 aliphatic carbocycles. The van der Waals surface area contributed by atoms with Gasteiger partial charge in [-0.15, -0.1) is 0 Å². The third-order valence-corrected chi connectivity index (χ3v) is 2.72. The van der Waals surface area contributed by atoms with Gasteiger partial charge in [0.25, 0.3) is 5.91 Å². The van der Waals surface area contributed by atoms with Crippen LogP contribution in [0.3, 0.4) is 0 Å². The van der Waals surface area contributed by atoms with Crippen molar-refractivity contribution in [2.45, 2.75) is 18.9 Å². The second-order valence-electron chi connectivity index (χ2n) is 4.08. The van der Waals surface area contributed by atoms with Gasteiger partial charge in [0, 0.05) is 0 Å². The van der Waals surface area contributed by atoms with Crippen LogP contribution in [-0.4, -0.2) is 30.1 Å². The number of benzene rings is 1. The van der Waals surface area contributed by atoms with Crippen molar-refractivity contribution in [3.8, 4) is 5.75 Å². The molecular formula is C12H15N3O3. The zero-order valence-corrected chi connectivity index (χ0v) is 10.1. The molecule has 1 saturated carbocycles. The van der Waals surface area contributed by atoms with E-state index in [-0.39, 0.29) is 6.04 Å². The molecule has 0 heterocycles. The summed E-state index contributed by atoms with van der Waals surface area (Å²) in [5.74, 6) is 0.0494. The average molecular weight is 249 g/mol. The molecule has 2 rings (SSSR count). The number of carbonyl (C=O) groups excluding carboxylic acids is 2. The Bertz CT molecular complexity index is 471. The van der Waals surface area contributed by atoms with Crippen LogP contribution in [0.1, 0.15) is 23.2 Å². The van der Waals surface area contributed by atoms with Crippen LogP contribution in [0.15, 0.2) is 24.3 Å². The Morgan fingerprint density at radius 2 is 2.06 bits per heavy atom. The highest BCUT2D eigenvalue weighted by molar-refractivity contribution is 5.97. The molecule has 18 heavy (non-hydrogen) atoms. The van der Waals surface area contributed by atoms with Gasteiger partial charge < -0.3 is 10.5 Å². The summed E-state index contributed by atoms with van der Waals surface area (Å²) in [4.78, 5) is 23.2. The standard InChI is InChI=1S/C12H15N3O3/c1-18-10-5-3-2-4-9(10)11(16)14-15(12(13)17)8-6-7-8/h2-5,8H,6-7H2,1H3,(H2,13,17)(H,14,16). The number of para-hydroxylation sites is 1. The predicted molar refractivity (Wildman–Crippen MR) is 64.9 cm³/mol. The lowest BCUT2D eigenvalue weighted by molar-refractivity contribution is 0.0821. The maximum atomic E-state index is 12.0. The highest BCUT2D eigenvalue weighted by Gasteiger charge is 2.33. The number of nitrogens with one attached hydrogen (secondary N) is 1. The van der Waals surface area contributed by atoms with Crippen LogP contribution in [0.4, 0.5) is 4.79 Å². The fraction of sp³-hybridized carbons (Fsp3) is 0.333. The summed E-state index contributed by atoms with van der Waals surface area (Å²) < 4.78 is 5.09. The number of hydrazine groups is 1. The van der Waals surface area contributed by atoms with Gasteiger partial charge in [-0.2, -0.15) is 0 Å². The Morgan fingerprint density at radius 3 is 2.61 bits per heavy atom. The van der Waals surface area contributed by atoms with Crippen molar-refractivity contribution in [1.82, 2.24) is 10.4 Å². The summed E-state index contributed by atoms with van der Waals surface area (Å²) in [6.45, 7) is 0. The van der Waals surface area contributed by atoms with Gasteiger partial charge in [0.15, 0.2) is 0 Å². The third-order valence-electron chi connectivity index (χ3n) is 2.72. The van der Waals surface area contributed by atoms with Gasteiger partial charge in [-0.1, -0.05) is 12.1 Å². The van der Waals surface area contributed by atoms with Gasteiger partial charge in [-0.05, 0) is 25.0 Å². The van der Waals surface area contributed by atoms with Gasteiger partial charge in [0.2, 0.25) is 0 Å². The highest BCUT2D eigenvalue weighted by Crippen LogP contribution is 2.25. The molecule has 0 aromatic heterocycles. The molecule has 0 aliphatic heterocycles. The maximum Gasteiger partial charge on any atom is 0.333 e. The first kappa shape index (κ1) is 12.2. The van der Waals surface area contributed by atoms with Crippen molar-refractivity contribution >= 4 is 11.9 Å². The van der Waals surface area contributed by atoms with Gasteiger partial charge in [0.1, 0.15) is 5.75 Å². The van der Waals surface area contributed by atoms with E-state index in [1.807, 2.05) is 0 Å². The smallest absolute Gasteiger partial charge is 0.333 e. The Labute approximate surface area is 105 Å². The topological polar surface area (TPSA) is 84.7 Å². The van der Waals surface area contributed by atoms with E-state index in [4.69, 9.17) is 10.5 Å². The number of ether oxygens (including phenoxy) is 1. The van der Waals surface area contributed by atoms with Crippen molar-refractivity contribution in [3.63, 3.8) is 0 Å². The first-order valence-corrected chi connectivity index (χ1v) is 5.66. The number of nitrogens with two attached hydrogens (primary N) is 1. The van der Waals surface area contributed by atoms with E-state index in [9.17, 15) is 9.59 Å². The first-order valence-electron chi connectivity index (χ1n) is 5.66. The zero-order chi connectivity index (χ0) is 13.1. The van der Waals surface area contributed by atoms with Gasteiger partial charge in [0.05, 0.1) is 18.7 Å². The summed E-state index contributed by atoms with van der Waals surface area (Å²) in [6.07, 6.45) is 1.71. The fourth-order valence-electron chi connectivity index (χ4n) is 1.66. The normalized spacial score (nSPS) is 13.8. The first-order chi connectivity index (χ1) is 8.63. The molecule has 0 saturated heterocycles. The lowest BCUT2D eigenvalue weighted by Crippen LogP contribution is -2.50. The average Bonchev–Trinajstić information content (AvgIpc) is 3.19. The number of carbonyl (C=O) groups is 2. The Morgan fingerprint density at radius 1 is 1.39 bits per heavy atom. The van der Waals surface area contributed by atoms with Crippen LogP contribution in [-0.2, 0) is 0 Å². The number of nitrogens with zero attached hydrogens (tertiary/aromatic N) is 1. The van der Waals surface area contributed by atoms with E-state index in [1.165, 1.54) is 12.1 Å². The van der Waals surface area contributed by atoms with E-state index in [0.717, 1.165) is 12.8 Å². The molecule has 0 unspecified atom stereocenters. The van der Waals surface area contributed by atoms with Crippen LogP contribution in [0.2, 0.25) is 0 Å². The molecule has 3 amide bonds. The molecule has 1 aromatic rings. The van der Waals surface area contributed by atoms with E-state index < -0.39 is 11.9 Å². The van der Waals surface area contributed by atoms with Crippen molar-refractivity contribution < 1.29 is 14.3 Å². The van der Waals surface area contributed by atoms with E-state index in [2.05, 4.69) is 5.43 Å². The molecule has 1 aliphatic rings. The third kappa shape index (κ3) is 2.53. The SMILES string of the molecule is COc1ccccc1C(=O)NN(C(N)=O)C1CC1. The summed E-state index contributed by atoms with van der Waals surface area (Å²) in [5.41, 5.74) is 8.09. The molecule has 0 atom stereocenters. The minimum absolute atomic E-state index is 0.0150. The van der Waals surface area contributed by atoms with Crippen LogP contribution >= 0.6 is 0 Å². The fourth-order valence-corrected chi connectivity index (χ4v) is 1.66. The molecule has 0 spiro atoms. The van der Waals surface area contributed by atoms with E-state index in [1.54, 1.807) is 24.3 Å². The number of amides is 3. The van der Waals surface area contributed by atoms with Crippen LogP contribution in [0.25, 0.3) is 0 Å². The Balaban J connectivity index is 2.13. The minimum atomic E-state index is -0.652. The highest BCUT2D eigenvalue weighted by atomic mass is 16.5. The Kier molecular flexibility index (Phi) is 3.36. The number of methoxy groups -OCH3 is 1. The molecule has 1 fully saturated rings. The van der Waals surface area contributed by atoms with Gasteiger partial charge >= 0.3 is 6.03 Å². The molecule has 6 nitrogen and oxygen atoms in total. The summed E-state index contributed by atoms with van der Waals surface area (Å²) in [6, 6.07) is 6.16. The van der Waals surface area contributed by atoms with Crippen molar-refractivity contribution in [2.75, 3.05) is 7.11 Å². The monoisotopic (exact) mass is 249 g/mol. The second-order valence-corrected chi connectivity index (χ2v) is 4.08. The van der Waals surface area contributed by atoms with Crippen molar-refractivity contribution in [2.24, 2.45) is 5.73 Å². The summed E-state index contributed by atoms with van der Waals surface area (Å²) in [5, 5.41) is 1.18. The lowest BCUT2D eigenvalue weighted by Gasteiger charge is -2.21. The van der Waals surface area contributed by atoms with Crippen LogP contribution in [0.5, 0.6) is 5.75 Å². The number of urea groups is 1. The predicted octanol–water partition coefficient (Wildman–Crippen LogP) is 0.883. The number of hydrogen-bond donors (Lipinski definition) is 2. The quantitative estimate of drug-likeness (QED) is 0.780. The van der Waals surface area contributed by atoms with Crippen LogP contribution in [0, 0.1) is 0 Å². The molecule has 1 aromatic carbocycles. The van der Waals surface area contributed by atoms with Crippen molar-refractivity contribution in [3.05, 3.63) is 29.8 Å². The van der Waals surface area contributed by atoms with Gasteiger partial charge in [-0.25, -0.2) is 9.80 Å². The molecule has 96 valence electrons. The molecule has 0 bridgehead atoms. The van der Waals surface area contributed by atoms with Gasteiger partial charge in [-0.3, -0.25) is 10.2 Å². The summed E-state index contributed by atoms with van der Waals surface area (Å²) in [7, 11) is 1.48. The zero-order valence-electron chi connectivity index (χ0n) is 10.1. The molecular weight excluding hydrogens is 234 g/mol. The van der Waals surface area contributed by atoms with E-state index >= 15 is 0 Å². The summed E-state index contributed by atoms with van der Waals surface area (Å²) >= 11 is 0. The molecule has 6 heteroatoms. The van der Waals surface area contributed by atoms with E-state index in [0.29, 0.717) is 11.3 Å². The largest absolute Gasteiger partial charge is 0.496 e. The molecule has 0 radical (unpaired) electrons. The Hall–Kier alpha value is -2.24. The lowest BCUT2D eigenvalue weighted by atomic mass is 10.2. The number of hydrogen-bond acceptors (Lipinski definition) is 3. The number of rotatable bonds is 3. The second kappa shape index (κ2) is 4.95. The molecule has 3 N–H and O–H groups in total. The van der Waals surface area contributed by atoms with Crippen molar-refractivity contribution in [1.29, 1.82) is 0 Å². The number of primary amides is 1. The maximum absolute atomic E-state index is 12.0. The minimum Gasteiger partial charge on any atom is -0.496 e.